The molecule has 3 nitrogen and oxygen atoms in total. The van der Waals surface area contributed by atoms with E-state index in [0.717, 1.165) is 38.8 Å². The van der Waals surface area contributed by atoms with Crippen molar-refractivity contribution >= 4 is 6.08 Å². The molecule has 0 saturated carbocycles. The normalized spacial score (nSPS) is 9.93. The molecule has 0 heterocycles. The standard InChI is InChI=1S/C11H23NO2/c1-4-7-10-14-11(13)12(8-5-2)9-6-3/h4-10H2,1-3H3/p+1. The second-order valence-electron chi connectivity index (χ2n) is 3.47. The van der Waals surface area contributed by atoms with Gasteiger partial charge in [-0.1, -0.05) is 27.2 Å². The number of hydrogen-bond donors (Lipinski definition) is 1. The molecule has 14 heavy (non-hydrogen) atoms. The second-order valence-corrected chi connectivity index (χ2v) is 3.47. The maximum absolute atomic E-state index is 9.62. The van der Waals surface area contributed by atoms with Crippen LogP contribution in [0.4, 0.5) is 0 Å². The Labute approximate surface area is 87.4 Å². The lowest BCUT2D eigenvalue weighted by Gasteiger charge is -2.04. The van der Waals surface area contributed by atoms with Crippen LogP contribution >= 0.6 is 0 Å². The van der Waals surface area contributed by atoms with Crippen LogP contribution in [-0.4, -0.2) is 35.5 Å². The zero-order valence-corrected chi connectivity index (χ0v) is 9.75. The lowest BCUT2D eigenvalue weighted by Crippen LogP contribution is -2.25. The minimum Gasteiger partial charge on any atom is -0.430 e. The molecule has 0 aliphatic carbocycles. The lowest BCUT2D eigenvalue weighted by atomic mass is 10.4. The van der Waals surface area contributed by atoms with Gasteiger partial charge in [-0.2, -0.15) is 4.58 Å². The first-order valence-corrected chi connectivity index (χ1v) is 5.69. The third-order valence-electron chi connectivity index (χ3n) is 1.99. The maximum Gasteiger partial charge on any atom is 0.546 e. The highest BCUT2D eigenvalue weighted by atomic mass is 16.6. The summed E-state index contributed by atoms with van der Waals surface area (Å²) in [5.41, 5.74) is 0. The van der Waals surface area contributed by atoms with E-state index in [1.54, 1.807) is 0 Å². The molecule has 0 aromatic rings. The molecule has 0 saturated heterocycles. The zero-order chi connectivity index (χ0) is 10.8. The van der Waals surface area contributed by atoms with Gasteiger partial charge in [0.25, 0.3) is 0 Å². The van der Waals surface area contributed by atoms with Crippen LogP contribution in [0.3, 0.4) is 0 Å². The van der Waals surface area contributed by atoms with Gasteiger partial charge in [0.2, 0.25) is 0 Å². The molecule has 0 aliphatic heterocycles. The number of aliphatic hydroxyl groups excluding tert-OH is 1. The first-order valence-electron chi connectivity index (χ1n) is 5.69. The van der Waals surface area contributed by atoms with E-state index in [9.17, 15) is 5.11 Å². The number of hydrogen-bond acceptors (Lipinski definition) is 1. The molecule has 0 atom stereocenters. The molecule has 0 aromatic carbocycles. The largest absolute Gasteiger partial charge is 0.546 e. The van der Waals surface area contributed by atoms with E-state index in [1.165, 1.54) is 0 Å². The molecular formula is C11H24NO2+. The van der Waals surface area contributed by atoms with Crippen LogP contribution in [0.15, 0.2) is 0 Å². The van der Waals surface area contributed by atoms with E-state index in [1.807, 2.05) is 4.58 Å². The summed E-state index contributed by atoms with van der Waals surface area (Å²) < 4.78 is 7.15. The van der Waals surface area contributed by atoms with Crippen molar-refractivity contribution in [2.45, 2.75) is 46.5 Å². The molecule has 0 unspecified atom stereocenters. The summed E-state index contributed by atoms with van der Waals surface area (Å²) in [6, 6.07) is 0. The van der Waals surface area contributed by atoms with Gasteiger partial charge in [-0.05, 0) is 6.42 Å². The van der Waals surface area contributed by atoms with Crippen molar-refractivity contribution in [2.75, 3.05) is 19.7 Å². The van der Waals surface area contributed by atoms with Crippen LogP contribution < -0.4 is 0 Å². The topological polar surface area (TPSA) is 32.5 Å². The average molecular weight is 202 g/mol. The third kappa shape index (κ3) is 5.84. The summed E-state index contributed by atoms with van der Waals surface area (Å²) in [7, 11) is 0. The van der Waals surface area contributed by atoms with E-state index in [0.29, 0.717) is 6.61 Å². The number of nitrogens with zero attached hydrogens (tertiary/aromatic N) is 1. The Morgan fingerprint density at radius 2 is 1.64 bits per heavy atom. The van der Waals surface area contributed by atoms with E-state index < -0.39 is 0 Å². The lowest BCUT2D eigenvalue weighted by molar-refractivity contribution is -0.545. The van der Waals surface area contributed by atoms with Crippen molar-refractivity contribution in [3.8, 4) is 0 Å². The van der Waals surface area contributed by atoms with Crippen molar-refractivity contribution < 1.29 is 14.4 Å². The fourth-order valence-electron chi connectivity index (χ4n) is 1.24. The first-order chi connectivity index (χ1) is 6.76. The van der Waals surface area contributed by atoms with Crippen molar-refractivity contribution in [3.63, 3.8) is 0 Å². The van der Waals surface area contributed by atoms with Gasteiger partial charge in [0.05, 0.1) is 6.61 Å². The van der Waals surface area contributed by atoms with Crippen LogP contribution in [-0.2, 0) is 4.74 Å². The molecule has 1 N–H and O–H groups in total. The molecular weight excluding hydrogens is 178 g/mol. The molecule has 84 valence electrons. The van der Waals surface area contributed by atoms with Crippen LogP contribution in [0.25, 0.3) is 0 Å². The van der Waals surface area contributed by atoms with Crippen molar-refractivity contribution in [2.24, 2.45) is 0 Å². The van der Waals surface area contributed by atoms with Gasteiger partial charge in [0.1, 0.15) is 13.1 Å². The molecule has 0 spiro atoms. The molecule has 3 heteroatoms. The summed E-state index contributed by atoms with van der Waals surface area (Å²) in [5.74, 6) is 0. The number of rotatable bonds is 7. The number of ether oxygens (including phenoxy) is 1. The third-order valence-corrected chi connectivity index (χ3v) is 1.99. The highest BCUT2D eigenvalue weighted by molar-refractivity contribution is 5.57. The summed E-state index contributed by atoms with van der Waals surface area (Å²) in [4.78, 5) is 0. The molecule has 0 fully saturated rings. The van der Waals surface area contributed by atoms with Gasteiger partial charge in [-0.3, -0.25) is 0 Å². The fourth-order valence-corrected chi connectivity index (χ4v) is 1.24. The maximum atomic E-state index is 9.62. The average Bonchev–Trinajstić information content (AvgIpc) is 2.18. The summed E-state index contributed by atoms with van der Waals surface area (Å²) in [6.45, 7) is 8.66. The van der Waals surface area contributed by atoms with E-state index in [4.69, 9.17) is 4.74 Å². The van der Waals surface area contributed by atoms with Gasteiger partial charge >= 0.3 is 6.08 Å². The molecule has 0 aliphatic rings. The van der Waals surface area contributed by atoms with Crippen LogP contribution in [0, 0.1) is 0 Å². The van der Waals surface area contributed by atoms with E-state index >= 15 is 0 Å². The predicted molar refractivity (Wildman–Crippen MR) is 59.1 cm³/mol. The van der Waals surface area contributed by atoms with Crippen molar-refractivity contribution in [3.05, 3.63) is 0 Å². The summed E-state index contributed by atoms with van der Waals surface area (Å²) >= 11 is 0. The summed E-state index contributed by atoms with van der Waals surface area (Å²) in [5, 5.41) is 9.62. The summed E-state index contributed by atoms with van der Waals surface area (Å²) in [6.07, 6.45) is 4.25. The highest BCUT2D eigenvalue weighted by Gasteiger charge is 2.12. The van der Waals surface area contributed by atoms with Crippen molar-refractivity contribution in [1.29, 1.82) is 0 Å². The predicted octanol–water partition coefficient (Wildman–Crippen LogP) is 2.55. The van der Waals surface area contributed by atoms with Gasteiger partial charge in [0, 0.05) is 12.8 Å². The minimum atomic E-state index is 0.0992. The quantitative estimate of drug-likeness (QED) is 0.298. The Kier molecular flexibility index (Phi) is 8.39. The second kappa shape index (κ2) is 8.85. The zero-order valence-electron chi connectivity index (χ0n) is 9.75. The Morgan fingerprint density at radius 3 is 2.07 bits per heavy atom. The van der Waals surface area contributed by atoms with Crippen LogP contribution in [0.1, 0.15) is 46.5 Å². The molecule has 0 bridgehead atoms. The smallest absolute Gasteiger partial charge is 0.430 e. The Balaban J connectivity index is 4.01. The van der Waals surface area contributed by atoms with Crippen LogP contribution in [0.5, 0.6) is 0 Å². The van der Waals surface area contributed by atoms with Gasteiger partial charge in [0.15, 0.2) is 0 Å². The number of unbranched alkanes of at least 4 members (excludes halogenated alkanes) is 1. The van der Waals surface area contributed by atoms with E-state index in [-0.39, 0.29) is 6.08 Å². The van der Waals surface area contributed by atoms with Crippen molar-refractivity contribution in [1.82, 2.24) is 0 Å². The minimum absolute atomic E-state index is 0.0992. The number of aliphatic hydroxyl groups is 1. The van der Waals surface area contributed by atoms with Crippen LogP contribution in [0.2, 0.25) is 0 Å². The highest BCUT2D eigenvalue weighted by Crippen LogP contribution is 1.92. The molecule has 0 aromatic heterocycles. The molecule has 0 rings (SSSR count). The van der Waals surface area contributed by atoms with Gasteiger partial charge in [-0.25, -0.2) is 0 Å². The first kappa shape index (κ1) is 13.3. The Hall–Kier alpha value is -0.730. The Morgan fingerprint density at radius 1 is 1.07 bits per heavy atom. The Bertz CT molecular complexity index is 159. The molecule has 0 amide bonds. The van der Waals surface area contributed by atoms with E-state index in [2.05, 4.69) is 20.8 Å². The molecule has 0 radical (unpaired) electrons. The van der Waals surface area contributed by atoms with Gasteiger partial charge in [-0.15, -0.1) is 0 Å². The monoisotopic (exact) mass is 202 g/mol. The van der Waals surface area contributed by atoms with Gasteiger partial charge < -0.3 is 9.84 Å². The fraction of sp³-hybridized carbons (Fsp3) is 0.909. The SMILES string of the molecule is CCCCOC(O)=[N+](CCC)CCC.